The van der Waals surface area contributed by atoms with Crippen molar-refractivity contribution in [1.82, 2.24) is 9.55 Å². The summed E-state index contributed by atoms with van der Waals surface area (Å²) in [5.74, 6) is -0.692. The van der Waals surface area contributed by atoms with Crippen molar-refractivity contribution in [2.45, 2.75) is 0 Å². The zero-order valence-electron chi connectivity index (χ0n) is 5.94. The molecule has 0 aliphatic heterocycles. The largest absolute Gasteiger partial charge is 0.364 e. The summed E-state index contributed by atoms with van der Waals surface area (Å²) >= 11 is 0. The van der Waals surface area contributed by atoms with E-state index in [1.54, 1.807) is 7.05 Å². The molecule has 0 unspecified atom stereocenters. The standard InChI is InChI=1S/C6H7N3O2/c1-9-3-2-4(5(7)10)8-6(9)11/h2-3H,1H3,(H2,7,10). The predicted molar refractivity (Wildman–Crippen MR) is 38.0 cm³/mol. The lowest BCUT2D eigenvalue weighted by molar-refractivity contribution is 0.0995. The van der Waals surface area contributed by atoms with Gasteiger partial charge in [0.2, 0.25) is 0 Å². The number of hydrogen-bond donors (Lipinski definition) is 1. The zero-order valence-corrected chi connectivity index (χ0v) is 5.94. The van der Waals surface area contributed by atoms with Crippen molar-refractivity contribution < 1.29 is 4.79 Å². The number of carbonyl (C=O) groups excluding carboxylic acids is 1. The fraction of sp³-hybridized carbons (Fsp3) is 0.167. The Labute approximate surface area is 62.5 Å². The minimum atomic E-state index is -0.692. The van der Waals surface area contributed by atoms with E-state index < -0.39 is 11.6 Å². The SMILES string of the molecule is Cn1ccc(C(N)=O)nc1=O. The summed E-state index contributed by atoms with van der Waals surface area (Å²) in [6.45, 7) is 0. The molecular formula is C6H7N3O2. The average Bonchev–Trinajstić information content (AvgIpc) is 1.94. The number of amides is 1. The second-order valence-electron chi connectivity index (χ2n) is 2.07. The third-order valence-corrected chi connectivity index (χ3v) is 1.23. The third-order valence-electron chi connectivity index (χ3n) is 1.23. The molecule has 5 heteroatoms. The second-order valence-corrected chi connectivity index (χ2v) is 2.07. The molecule has 1 rings (SSSR count). The molecule has 0 fully saturated rings. The van der Waals surface area contributed by atoms with Gasteiger partial charge in [-0.15, -0.1) is 0 Å². The lowest BCUT2D eigenvalue weighted by Gasteiger charge is -1.95. The van der Waals surface area contributed by atoms with Crippen LogP contribution >= 0.6 is 0 Å². The molecule has 1 aromatic heterocycles. The topological polar surface area (TPSA) is 78.0 Å². The molecule has 0 radical (unpaired) electrons. The maximum atomic E-state index is 10.8. The first kappa shape index (κ1) is 7.46. The van der Waals surface area contributed by atoms with E-state index in [0.29, 0.717) is 0 Å². The van der Waals surface area contributed by atoms with Gasteiger partial charge in [0.1, 0.15) is 5.69 Å². The smallest absolute Gasteiger partial charge is 0.348 e. The quantitative estimate of drug-likeness (QED) is 0.555. The molecule has 0 aromatic carbocycles. The van der Waals surface area contributed by atoms with Gasteiger partial charge in [0, 0.05) is 13.2 Å². The Kier molecular flexibility index (Phi) is 1.72. The summed E-state index contributed by atoms with van der Waals surface area (Å²) in [4.78, 5) is 24.7. The summed E-state index contributed by atoms with van der Waals surface area (Å²) in [6, 6.07) is 1.39. The molecule has 58 valence electrons. The van der Waals surface area contributed by atoms with Crippen LogP contribution in [0.25, 0.3) is 0 Å². The van der Waals surface area contributed by atoms with Gasteiger partial charge in [0.05, 0.1) is 0 Å². The van der Waals surface area contributed by atoms with Crippen molar-refractivity contribution in [2.75, 3.05) is 0 Å². The van der Waals surface area contributed by atoms with E-state index in [1.807, 2.05) is 0 Å². The summed E-state index contributed by atoms with van der Waals surface area (Å²) in [5, 5.41) is 0. The van der Waals surface area contributed by atoms with Crippen molar-refractivity contribution in [3.8, 4) is 0 Å². The molecule has 1 amide bonds. The van der Waals surface area contributed by atoms with Crippen LogP contribution in [0, 0.1) is 0 Å². The van der Waals surface area contributed by atoms with Crippen LogP contribution < -0.4 is 11.4 Å². The normalized spacial score (nSPS) is 9.55. The zero-order chi connectivity index (χ0) is 8.43. The van der Waals surface area contributed by atoms with Crippen molar-refractivity contribution in [3.05, 3.63) is 28.4 Å². The van der Waals surface area contributed by atoms with Gasteiger partial charge in [-0.3, -0.25) is 4.79 Å². The first-order chi connectivity index (χ1) is 5.11. The highest BCUT2D eigenvalue weighted by Crippen LogP contribution is 1.85. The van der Waals surface area contributed by atoms with E-state index in [0.717, 1.165) is 0 Å². The Morgan fingerprint density at radius 1 is 1.73 bits per heavy atom. The Balaban J connectivity index is 3.26. The van der Waals surface area contributed by atoms with Gasteiger partial charge < -0.3 is 10.3 Å². The molecule has 0 aliphatic carbocycles. The third kappa shape index (κ3) is 1.43. The minimum absolute atomic E-state index is 0.00639. The van der Waals surface area contributed by atoms with Gasteiger partial charge in [-0.1, -0.05) is 0 Å². The first-order valence-electron chi connectivity index (χ1n) is 2.95. The van der Waals surface area contributed by atoms with Crippen LogP contribution in [-0.2, 0) is 7.05 Å². The lowest BCUT2D eigenvalue weighted by Crippen LogP contribution is -2.24. The molecule has 11 heavy (non-hydrogen) atoms. The van der Waals surface area contributed by atoms with Crippen molar-refractivity contribution in [1.29, 1.82) is 0 Å². The number of hydrogen-bond acceptors (Lipinski definition) is 3. The molecule has 0 spiro atoms. The van der Waals surface area contributed by atoms with E-state index in [4.69, 9.17) is 5.73 Å². The molecule has 1 aromatic rings. The average molecular weight is 153 g/mol. The molecule has 0 aliphatic rings. The fourth-order valence-electron chi connectivity index (χ4n) is 0.603. The van der Waals surface area contributed by atoms with Crippen LogP contribution in [0.15, 0.2) is 17.1 Å². The number of carbonyl (C=O) groups is 1. The Hall–Kier alpha value is -1.65. The highest BCUT2D eigenvalue weighted by atomic mass is 16.2. The molecule has 1 heterocycles. The fourth-order valence-corrected chi connectivity index (χ4v) is 0.603. The molecule has 0 bridgehead atoms. The van der Waals surface area contributed by atoms with Gasteiger partial charge in [-0.05, 0) is 6.07 Å². The van der Waals surface area contributed by atoms with E-state index in [2.05, 4.69) is 4.98 Å². The van der Waals surface area contributed by atoms with Gasteiger partial charge in [0.25, 0.3) is 5.91 Å². The van der Waals surface area contributed by atoms with Gasteiger partial charge in [-0.25, -0.2) is 4.79 Å². The van der Waals surface area contributed by atoms with E-state index >= 15 is 0 Å². The van der Waals surface area contributed by atoms with Crippen LogP contribution in [0.5, 0.6) is 0 Å². The van der Waals surface area contributed by atoms with Crippen LogP contribution in [0.1, 0.15) is 10.5 Å². The van der Waals surface area contributed by atoms with Crippen LogP contribution in [0.3, 0.4) is 0 Å². The first-order valence-corrected chi connectivity index (χ1v) is 2.95. The van der Waals surface area contributed by atoms with E-state index in [9.17, 15) is 9.59 Å². The van der Waals surface area contributed by atoms with Crippen molar-refractivity contribution in [2.24, 2.45) is 12.8 Å². The maximum absolute atomic E-state index is 10.8. The number of primary amides is 1. The van der Waals surface area contributed by atoms with Crippen molar-refractivity contribution in [3.63, 3.8) is 0 Å². The number of aromatic nitrogens is 2. The van der Waals surface area contributed by atoms with Gasteiger partial charge in [0.15, 0.2) is 0 Å². The predicted octanol–water partition coefficient (Wildman–Crippen LogP) is -1.12. The summed E-state index contributed by atoms with van der Waals surface area (Å²) in [6.07, 6.45) is 1.44. The molecule has 2 N–H and O–H groups in total. The molecule has 0 atom stereocenters. The Bertz CT molecular complexity index is 342. The highest BCUT2D eigenvalue weighted by molar-refractivity contribution is 5.90. The van der Waals surface area contributed by atoms with Crippen LogP contribution in [0.4, 0.5) is 0 Å². The summed E-state index contributed by atoms with van der Waals surface area (Å²) < 4.78 is 1.26. The van der Waals surface area contributed by atoms with E-state index in [1.165, 1.54) is 16.8 Å². The number of nitrogens with two attached hydrogens (primary N) is 1. The lowest BCUT2D eigenvalue weighted by atomic mass is 10.4. The second kappa shape index (κ2) is 2.53. The number of rotatable bonds is 1. The molecule has 0 saturated carbocycles. The van der Waals surface area contributed by atoms with Gasteiger partial charge >= 0.3 is 5.69 Å². The molecular weight excluding hydrogens is 146 g/mol. The van der Waals surface area contributed by atoms with Crippen LogP contribution in [-0.4, -0.2) is 15.5 Å². The van der Waals surface area contributed by atoms with E-state index in [-0.39, 0.29) is 5.69 Å². The monoisotopic (exact) mass is 153 g/mol. The summed E-state index contributed by atoms with van der Waals surface area (Å²) in [7, 11) is 1.54. The van der Waals surface area contributed by atoms with Crippen molar-refractivity contribution >= 4 is 5.91 Å². The maximum Gasteiger partial charge on any atom is 0.348 e. The number of aryl methyl sites for hydroxylation is 1. The molecule has 0 saturated heterocycles. The molecule has 5 nitrogen and oxygen atoms in total. The number of nitrogens with zero attached hydrogens (tertiary/aromatic N) is 2. The minimum Gasteiger partial charge on any atom is -0.364 e. The highest BCUT2D eigenvalue weighted by Gasteiger charge is 2.01. The Morgan fingerprint density at radius 3 is 2.82 bits per heavy atom. The van der Waals surface area contributed by atoms with Gasteiger partial charge in [-0.2, -0.15) is 4.98 Å². The van der Waals surface area contributed by atoms with Crippen LogP contribution in [0.2, 0.25) is 0 Å². The Morgan fingerprint density at radius 2 is 2.36 bits per heavy atom. The summed E-state index contributed by atoms with van der Waals surface area (Å²) in [5.41, 5.74) is 4.39.